The van der Waals surface area contributed by atoms with Crippen molar-refractivity contribution in [2.45, 2.75) is 11.3 Å². The summed E-state index contributed by atoms with van der Waals surface area (Å²) in [6.07, 6.45) is 0.688. The van der Waals surface area contributed by atoms with Gasteiger partial charge in [0.1, 0.15) is 0 Å². The Hall–Kier alpha value is -1.64. The number of hydrogen-bond donors (Lipinski definition) is 2. The monoisotopic (exact) mass is 314 g/mol. The van der Waals surface area contributed by atoms with Crippen LogP contribution in [-0.4, -0.2) is 48.1 Å². The van der Waals surface area contributed by atoms with Crippen LogP contribution in [0.15, 0.2) is 29.2 Å². The third kappa shape index (κ3) is 7.64. The van der Waals surface area contributed by atoms with Crippen LogP contribution in [0.2, 0.25) is 0 Å². The molecule has 0 unspecified atom stereocenters. The number of carbonyl (C=O) groups excluding carboxylic acids is 1. The van der Waals surface area contributed by atoms with E-state index in [9.17, 15) is 14.9 Å². The zero-order valence-corrected chi connectivity index (χ0v) is 12.3. The van der Waals surface area contributed by atoms with Crippen molar-refractivity contribution in [2.75, 3.05) is 32.1 Å². The number of non-ortho nitro benzene ring substituents is 1. The minimum absolute atomic E-state index is 0.00175. The molecule has 7 nitrogen and oxygen atoms in total. The molecule has 1 aromatic carbocycles. The van der Waals surface area contributed by atoms with Gasteiger partial charge in [0.2, 0.25) is 5.91 Å². The number of aliphatic hydroxyl groups is 1. The Labute approximate surface area is 126 Å². The van der Waals surface area contributed by atoms with Crippen LogP contribution in [0.1, 0.15) is 6.42 Å². The SMILES string of the molecule is O=C(CSc1ccc([N+](=O)[O-])cc1)NCCCOCCO. The third-order valence-corrected chi connectivity index (χ3v) is 3.45. The lowest BCUT2D eigenvalue weighted by molar-refractivity contribution is -0.384. The molecular weight excluding hydrogens is 296 g/mol. The zero-order chi connectivity index (χ0) is 15.5. The minimum Gasteiger partial charge on any atom is -0.394 e. The lowest BCUT2D eigenvalue weighted by Gasteiger charge is -2.05. The van der Waals surface area contributed by atoms with Crippen molar-refractivity contribution in [1.82, 2.24) is 5.32 Å². The summed E-state index contributed by atoms with van der Waals surface area (Å²) in [5.41, 5.74) is 0.0340. The molecule has 0 aliphatic carbocycles. The van der Waals surface area contributed by atoms with Crippen LogP contribution in [0, 0.1) is 10.1 Å². The van der Waals surface area contributed by atoms with E-state index in [2.05, 4.69) is 5.32 Å². The quantitative estimate of drug-likeness (QED) is 0.291. The van der Waals surface area contributed by atoms with Crippen molar-refractivity contribution in [3.8, 4) is 0 Å². The fraction of sp³-hybridized carbons (Fsp3) is 0.462. The predicted molar refractivity (Wildman–Crippen MR) is 79.4 cm³/mol. The number of aliphatic hydroxyl groups excluding tert-OH is 1. The Bertz CT molecular complexity index is 452. The first-order valence-corrected chi connectivity index (χ1v) is 7.44. The van der Waals surface area contributed by atoms with Gasteiger partial charge in [-0.05, 0) is 18.6 Å². The fourth-order valence-electron chi connectivity index (χ4n) is 1.43. The Morgan fingerprint density at radius 3 is 2.67 bits per heavy atom. The van der Waals surface area contributed by atoms with Crippen molar-refractivity contribution in [1.29, 1.82) is 0 Å². The van der Waals surface area contributed by atoms with Gasteiger partial charge in [0, 0.05) is 30.2 Å². The second kappa shape index (κ2) is 10.1. The van der Waals surface area contributed by atoms with E-state index in [1.807, 2.05) is 0 Å². The van der Waals surface area contributed by atoms with E-state index >= 15 is 0 Å². The number of nitro benzene ring substituents is 1. The smallest absolute Gasteiger partial charge is 0.269 e. The molecule has 0 bridgehead atoms. The van der Waals surface area contributed by atoms with E-state index in [4.69, 9.17) is 9.84 Å². The second-order valence-electron chi connectivity index (χ2n) is 4.08. The van der Waals surface area contributed by atoms with Crippen LogP contribution < -0.4 is 5.32 Å². The van der Waals surface area contributed by atoms with Gasteiger partial charge in [-0.15, -0.1) is 11.8 Å². The van der Waals surface area contributed by atoms with Gasteiger partial charge < -0.3 is 15.2 Å². The summed E-state index contributed by atoms with van der Waals surface area (Å²) >= 11 is 1.32. The van der Waals surface area contributed by atoms with Crippen LogP contribution >= 0.6 is 11.8 Å². The number of benzene rings is 1. The number of nitrogens with one attached hydrogen (secondary N) is 1. The van der Waals surface area contributed by atoms with Crippen molar-refractivity contribution in [2.24, 2.45) is 0 Å². The Morgan fingerprint density at radius 2 is 2.05 bits per heavy atom. The first kappa shape index (κ1) is 17.4. The molecule has 0 radical (unpaired) electrons. The highest BCUT2D eigenvalue weighted by Crippen LogP contribution is 2.20. The largest absolute Gasteiger partial charge is 0.394 e. The maximum Gasteiger partial charge on any atom is 0.269 e. The zero-order valence-electron chi connectivity index (χ0n) is 11.5. The molecule has 1 aromatic rings. The fourth-order valence-corrected chi connectivity index (χ4v) is 2.16. The lowest BCUT2D eigenvalue weighted by atomic mass is 10.3. The molecule has 0 aromatic heterocycles. The number of amides is 1. The number of ether oxygens (including phenoxy) is 1. The number of thioether (sulfide) groups is 1. The van der Waals surface area contributed by atoms with Gasteiger partial charge in [0.15, 0.2) is 0 Å². The molecule has 0 heterocycles. The molecule has 0 atom stereocenters. The number of nitrogens with zero attached hydrogens (tertiary/aromatic N) is 1. The van der Waals surface area contributed by atoms with Crippen LogP contribution in [0.5, 0.6) is 0 Å². The van der Waals surface area contributed by atoms with E-state index in [-0.39, 0.29) is 24.0 Å². The van der Waals surface area contributed by atoms with Crippen LogP contribution in [-0.2, 0) is 9.53 Å². The number of carbonyl (C=O) groups is 1. The van der Waals surface area contributed by atoms with Gasteiger partial charge in [-0.3, -0.25) is 14.9 Å². The summed E-state index contributed by atoms with van der Waals surface area (Å²) in [7, 11) is 0. The topological polar surface area (TPSA) is 102 Å². The molecule has 21 heavy (non-hydrogen) atoms. The highest BCUT2D eigenvalue weighted by Gasteiger charge is 2.06. The van der Waals surface area contributed by atoms with Gasteiger partial charge in [-0.2, -0.15) is 0 Å². The van der Waals surface area contributed by atoms with Gasteiger partial charge >= 0.3 is 0 Å². The van der Waals surface area contributed by atoms with Crippen LogP contribution in [0.3, 0.4) is 0 Å². The molecule has 1 amide bonds. The Morgan fingerprint density at radius 1 is 1.33 bits per heavy atom. The van der Waals surface area contributed by atoms with Gasteiger partial charge in [0.25, 0.3) is 5.69 Å². The molecule has 0 aliphatic rings. The van der Waals surface area contributed by atoms with E-state index in [0.717, 1.165) is 4.90 Å². The van der Waals surface area contributed by atoms with E-state index in [1.54, 1.807) is 12.1 Å². The standard InChI is InChI=1S/C13H18N2O5S/c16-7-9-20-8-1-6-14-13(17)10-21-12-4-2-11(3-5-12)15(18)19/h2-5,16H,1,6-10H2,(H,14,17). The van der Waals surface area contributed by atoms with Gasteiger partial charge in [-0.25, -0.2) is 0 Å². The lowest BCUT2D eigenvalue weighted by Crippen LogP contribution is -2.26. The summed E-state index contributed by atoms with van der Waals surface area (Å²) in [6.45, 7) is 1.32. The Kier molecular flexibility index (Phi) is 8.41. The first-order valence-electron chi connectivity index (χ1n) is 6.46. The highest BCUT2D eigenvalue weighted by molar-refractivity contribution is 8.00. The van der Waals surface area contributed by atoms with E-state index < -0.39 is 4.92 Å². The summed E-state index contributed by atoms with van der Waals surface area (Å²) in [5, 5.41) is 21.8. The Balaban J connectivity index is 2.16. The molecule has 0 fully saturated rings. The van der Waals surface area contributed by atoms with Crippen LogP contribution in [0.25, 0.3) is 0 Å². The maximum atomic E-state index is 11.6. The van der Waals surface area contributed by atoms with Crippen molar-refractivity contribution in [3.05, 3.63) is 34.4 Å². The van der Waals surface area contributed by atoms with Crippen molar-refractivity contribution >= 4 is 23.4 Å². The molecule has 0 saturated heterocycles. The van der Waals surface area contributed by atoms with E-state index in [1.165, 1.54) is 23.9 Å². The normalized spacial score (nSPS) is 10.3. The third-order valence-electron chi connectivity index (χ3n) is 2.44. The second-order valence-corrected chi connectivity index (χ2v) is 5.13. The average Bonchev–Trinajstić information content (AvgIpc) is 2.49. The summed E-state index contributed by atoms with van der Waals surface area (Å²) in [4.78, 5) is 22.4. The summed E-state index contributed by atoms with van der Waals surface area (Å²) < 4.78 is 5.06. The number of hydrogen-bond acceptors (Lipinski definition) is 6. The summed E-state index contributed by atoms with van der Waals surface area (Å²) in [6, 6.07) is 6.08. The molecular formula is C13H18N2O5S. The van der Waals surface area contributed by atoms with Gasteiger partial charge in [0.05, 0.1) is 23.9 Å². The molecule has 0 spiro atoms. The molecule has 8 heteroatoms. The number of nitro groups is 1. The average molecular weight is 314 g/mol. The summed E-state index contributed by atoms with van der Waals surface area (Å²) in [5.74, 6) is 0.162. The maximum absolute atomic E-state index is 11.6. The first-order chi connectivity index (χ1) is 10.1. The van der Waals surface area contributed by atoms with Crippen LogP contribution in [0.4, 0.5) is 5.69 Å². The predicted octanol–water partition coefficient (Wildman–Crippen LogP) is 1.20. The molecule has 0 aliphatic heterocycles. The molecule has 0 saturated carbocycles. The number of rotatable bonds is 10. The minimum atomic E-state index is -0.458. The van der Waals surface area contributed by atoms with Crippen molar-refractivity contribution in [3.63, 3.8) is 0 Å². The van der Waals surface area contributed by atoms with Gasteiger partial charge in [-0.1, -0.05) is 0 Å². The van der Waals surface area contributed by atoms with Crippen molar-refractivity contribution < 1.29 is 19.6 Å². The molecule has 1 rings (SSSR count). The molecule has 116 valence electrons. The highest BCUT2D eigenvalue weighted by atomic mass is 32.2. The van der Waals surface area contributed by atoms with E-state index in [0.29, 0.717) is 26.2 Å². The molecule has 2 N–H and O–H groups in total.